The van der Waals surface area contributed by atoms with Crippen LogP contribution in [-0.4, -0.2) is 23.9 Å². The molecule has 11 heteroatoms. The zero-order chi connectivity index (χ0) is 26.8. The van der Waals surface area contributed by atoms with Crippen LogP contribution in [0.25, 0.3) is 10.6 Å². The van der Waals surface area contributed by atoms with Crippen LogP contribution >= 0.6 is 11.3 Å². The molecule has 0 aliphatic rings. The first kappa shape index (κ1) is 26.8. The van der Waals surface area contributed by atoms with Crippen molar-refractivity contribution in [3.8, 4) is 10.6 Å². The maximum absolute atomic E-state index is 13.1. The van der Waals surface area contributed by atoms with Crippen molar-refractivity contribution in [2.45, 2.75) is 35.3 Å². The largest absolute Gasteiger partial charge is 0.588 e. The summed E-state index contributed by atoms with van der Waals surface area (Å²) in [4.78, 5) is 17.2. The van der Waals surface area contributed by atoms with Crippen molar-refractivity contribution in [3.63, 3.8) is 0 Å². The van der Waals surface area contributed by atoms with Gasteiger partial charge in [-0.25, -0.2) is 17.8 Å². The van der Waals surface area contributed by atoms with Crippen LogP contribution in [0.1, 0.15) is 36.7 Å². The highest BCUT2D eigenvalue weighted by Crippen LogP contribution is 2.29. The molecule has 1 unspecified atom stereocenters. The SMILES string of the molecule is CC(C)(C)c1ccc([S+]([O-])NC(=O)c2ccc(NS(=O)(=O)c3cnc(-c4ccc(F)cc4)s3)cc2)cc1. The molecule has 192 valence electrons. The summed E-state index contributed by atoms with van der Waals surface area (Å²) >= 11 is -0.797. The number of hydrogen-bond acceptors (Lipinski definition) is 6. The van der Waals surface area contributed by atoms with E-state index in [1.165, 1.54) is 54.7 Å². The van der Waals surface area contributed by atoms with Crippen LogP contribution in [0, 0.1) is 5.82 Å². The van der Waals surface area contributed by atoms with Gasteiger partial charge in [-0.1, -0.05) is 32.9 Å². The van der Waals surface area contributed by atoms with Crippen molar-refractivity contribution in [1.29, 1.82) is 0 Å². The van der Waals surface area contributed by atoms with Crippen LogP contribution in [0.3, 0.4) is 0 Å². The van der Waals surface area contributed by atoms with E-state index < -0.39 is 33.1 Å². The highest BCUT2D eigenvalue weighted by atomic mass is 32.2. The number of anilines is 1. The number of carbonyl (C=O) groups excluding carboxylic acids is 1. The lowest BCUT2D eigenvalue weighted by atomic mass is 9.87. The Bertz CT molecular complexity index is 1500. The Hall–Kier alpha value is -3.25. The molecule has 0 fully saturated rings. The van der Waals surface area contributed by atoms with E-state index in [0.717, 1.165) is 16.9 Å². The zero-order valence-electron chi connectivity index (χ0n) is 20.2. The van der Waals surface area contributed by atoms with Crippen LogP contribution in [-0.2, 0) is 26.8 Å². The molecule has 1 aromatic heterocycles. The van der Waals surface area contributed by atoms with Gasteiger partial charge < -0.3 is 4.55 Å². The van der Waals surface area contributed by atoms with Gasteiger partial charge in [0.05, 0.1) is 6.20 Å². The molecule has 1 heterocycles. The topological polar surface area (TPSA) is 111 Å². The number of hydrogen-bond donors (Lipinski definition) is 2. The highest BCUT2D eigenvalue weighted by molar-refractivity contribution is 7.94. The van der Waals surface area contributed by atoms with E-state index in [-0.39, 0.29) is 20.9 Å². The Kier molecular flexibility index (Phi) is 7.69. The summed E-state index contributed by atoms with van der Waals surface area (Å²) in [5, 5.41) is 0.438. The maximum atomic E-state index is 13.1. The molecule has 1 amide bonds. The Balaban J connectivity index is 1.40. The first-order valence-corrected chi connectivity index (χ1v) is 14.6. The van der Waals surface area contributed by atoms with E-state index in [2.05, 4.69) is 35.2 Å². The second-order valence-electron chi connectivity index (χ2n) is 9.15. The standard InChI is InChI=1S/C26H24FN3O4S3/c1-26(2,3)19-8-14-22(15-9-19)36(32)29-24(31)17-6-12-21(13-7-17)30-37(33,34)23-16-28-25(35-23)18-4-10-20(27)11-5-18/h4-16,30H,1-3H3,(H,29,31). The smallest absolute Gasteiger partial charge is 0.292 e. The minimum absolute atomic E-state index is 0.0125. The normalized spacial score (nSPS) is 12.7. The van der Waals surface area contributed by atoms with Gasteiger partial charge in [-0.2, -0.15) is 4.72 Å². The van der Waals surface area contributed by atoms with E-state index in [9.17, 15) is 22.2 Å². The number of sulfonamides is 1. The molecule has 0 saturated heterocycles. The van der Waals surface area contributed by atoms with Gasteiger partial charge >= 0.3 is 0 Å². The van der Waals surface area contributed by atoms with Gasteiger partial charge in [-0.3, -0.25) is 9.52 Å². The molecule has 1 atom stereocenters. The number of rotatable bonds is 7. The van der Waals surface area contributed by atoms with Gasteiger partial charge in [-0.15, -0.1) is 11.3 Å². The molecule has 7 nitrogen and oxygen atoms in total. The number of nitrogens with one attached hydrogen (secondary N) is 2. The first-order chi connectivity index (χ1) is 17.4. The van der Waals surface area contributed by atoms with E-state index in [1.54, 1.807) is 12.1 Å². The fourth-order valence-corrected chi connectivity index (χ4v) is 6.27. The molecule has 0 aliphatic heterocycles. The van der Waals surface area contributed by atoms with Crippen molar-refractivity contribution < 1.29 is 22.2 Å². The molecule has 3 aromatic carbocycles. The van der Waals surface area contributed by atoms with Gasteiger partial charge in [0, 0.05) is 16.8 Å². The molecule has 0 spiro atoms. The molecule has 2 N–H and O–H groups in total. The summed E-state index contributed by atoms with van der Waals surface area (Å²) in [6.07, 6.45) is 1.23. The van der Waals surface area contributed by atoms with Crippen molar-refractivity contribution in [1.82, 2.24) is 9.71 Å². The number of benzene rings is 3. The summed E-state index contributed by atoms with van der Waals surface area (Å²) in [5.74, 6) is -0.952. The van der Waals surface area contributed by atoms with Crippen molar-refractivity contribution in [2.75, 3.05) is 4.72 Å². The quantitative estimate of drug-likeness (QED) is 0.292. The van der Waals surface area contributed by atoms with E-state index >= 15 is 0 Å². The van der Waals surface area contributed by atoms with Gasteiger partial charge in [0.1, 0.15) is 22.2 Å². The van der Waals surface area contributed by atoms with Gasteiger partial charge in [0.15, 0.2) is 9.10 Å². The fraction of sp³-hybridized carbons (Fsp3) is 0.154. The summed E-state index contributed by atoms with van der Waals surface area (Å²) in [5.41, 5.74) is 2.11. The third kappa shape index (κ3) is 6.55. The van der Waals surface area contributed by atoms with E-state index in [1.807, 2.05) is 12.1 Å². The number of halogens is 1. The van der Waals surface area contributed by atoms with Crippen LogP contribution < -0.4 is 9.44 Å². The van der Waals surface area contributed by atoms with Gasteiger partial charge in [0.25, 0.3) is 15.9 Å². The Morgan fingerprint density at radius 2 is 1.59 bits per heavy atom. The number of amides is 1. The lowest BCUT2D eigenvalue weighted by Gasteiger charge is -2.19. The number of nitrogens with zero attached hydrogens (tertiary/aromatic N) is 1. The predicted molar refractivity (Wildman–Crippen MR) is 144 cm³/mol. The number of carbonyl (C=O) groups is 1. The average molecular weight is 558 g/mol. The molecular formula is C26H24FN3O4S3. The lowest BCUT2D eigenvalue weighted by molar-refractivity contribution is 0.0981. The van der Waals surface area contributed by atoms with Crippen LogP contribution in [0.5, 0.6) is 0 Å². The number of thiazole rings is 1. The molecule has 4 rings (SSSR count). The monoisotopic (exact) mass is 557 g/mol. The van der Waals surface area contributed by atoms with E-state index in [0.29, 0.717) is 15.5 Å². The third-order valence-corrected chi connectivity index (χ3v) is 9.32. The molecule has 0 bridgehead atoms. The Labute approximate surface area is 222 Å². The van der Waals surface area contributed by atoms with Gasteiger partial charge in [0.2, 0.25) is 0 Å². The van der Waals surface area contributed by atoms with Crippen molar-refractivity contribution in [2.24, 2.45) is 0 Å². The number of aromatic nitrogens is 1. The molecule has 0 saturated carbocycles. The first-order valence-electron chi connectivity index (χ1n) is 11.1. The maximum Gasteiger partial charge on any atom is 0.292 e. The predicted octanol–water partition coefficient (Wildman–Crippen LogP) is 5.50. The third-order valence-electron chi connectivity index (χ3n) is 5.36. The molecule has 0 aliphatic carbocycles. The minimum Gasteiger partial charge on any atom is -0.588 e. The second-order valence-corrected chi connectivity index (χ2v) is 13.3. The van der Waals surface area contributed by atoms with Crippen LogP contribution in [0.4, 0.5) is 10.1 Å². The molecule has 0 radical (unpaired) electrons. The summed E-state index contributed by atoms with van der Waals surface area (Å²) in [6.45, 7) is 6.23. The molecular weight excluding hydrogens is 534 g/mol. The molecule has 37 heavy (non-hydrogen) atoms. The van der Waals surface area contributed by atoms with Crippen LogP contribution in [0.15, 0.2) is 88.1 Å². The highest BCUT2D eigenvalue weighted by Gasteiger charge is 2.21. The average Bonchev–Trinajstić information content (AvgIpc) is 3.36. The van der Waals surface area contributed by atoms with Gasteiger partial charge in [-0.05, 0) is 71.6 Å². The lowest BCUT2D eigenvalue weighted by Crippen LogP contribution is -2.30. The Morgan fingerprint density at radius 1 is 0.973 bits per heavy atom. The zero-order valence-corrected chi connectivity index (χ0v) is 22.6. The minimum atomic E-state index is -3.93. The summed E-state index contributed by atoms with van der Waals surface area (Å²) < 4.78 is 56.2. The second kappa shape index (κ2) is 10.6. The van der Waals surface area contributed by atoms with Crippen molar-refractivity contribution in [3.05, 3.63) is 95.9 Å². The summed E-state index contributed by atoms with van der Waals surface area (Å²) in [7, 11) is -3.93. The fourth-order valence-electron chi connectivity index (χ4n) is 3.29. The van der Waals surface area contributed by atoms with E-state index in [4.69, 9.17) is 0 Å². The summed E-state index contributed by atoms with van der Waals surface area (Å²) in [6, 6.07) is 18.5. The Morgan fingerprint density at radius 3 is 2.19 bits per heavy atom. The van der Waals surface area contributed by atoms with Crippen molar-refractivity contribution >= 4 is 44.3 Å². The van der Waals surface area contributed by atoms with Crippen LogP contribution in [0.2, 0.25) is 0 Å². The molecule has 4 aromatic rings.